The second kappa shape index (κ2) is 11.2. The van der Waals surface area contributed by atoms with E-state index in [-0.39, 0.29) is 64.7 Å². The minimum absolute atomic E-state index is 0.00724. The normalized spacial score (nSPS) is 37.2. The first-order valence-corrected chi connectivity index (χ1v) is 14.5. The van der Waals surface area contributed by atoms with Gasteiger partial charge in [-0.2, -0.15) is 0 Å². The molecule has 4 rings (SSSR count). The number of esters is 2. The minimum atomic E-state index is -3.65. The molecule has 9 atom stereocenters. The van der Waals surface area contributed by atoms with E-state index in [2.05, 4.69) is 11.7 Å². The Hall–Kier alpha value is -2.26. The molecule has 4 saturated carbocycles. The molecule has 0 spiro atoms. The molecular formula is C30H41F3O7. The van der Waals surface area contributed by atoms with Gasteiger partial charge in [0.05, 0.1) is 0 Å². The van der Waals surface area contributed by atoms with Crippen molar-refractivity contribution < 1.29 is 46.6 Å². The van der Waals surface area contributed by atoms with E-state index in [4.69, 9.17) is 4.74 Å². The minimum Gasteiger partial charge on any atom is -0.460 e. The molecule has 0 bridgehead atoms. The summed E-state index contributed by atoms with van der Waals surface area (Å²) in [4.78, 5) is 63.4. The van der Waals surface area contributed by atoms with Gasteiger partial charge in [-0.15, -0.1) is 0 Å². The molecule has 0 heterocycles. The number of Topliss-reactive ketones (excluding diaryl/α,β-unsaturated/α-hetero) is 3. The van der Waals surface area contributed by atoms with Gasteiger partial charge in [-0.25, -0.2) is 18.0 Å². The fraction of sp³-hybridized carbons (Fsp3) is 0.833. The molecule has 0 aromatic heterocycles. The summed E-state index contributed by atoms with van der Waals surface area (Å²) < 4.78 is 48.2. The van der Waals surface area contributed by atoms with Crippen molar-refractivity contribution in [2.24, 2.45) is 46.3 Å². The van der Waals surface area contributed by atoms with Crippen molar-refractivity contribution in [2.45, 2.75) is 97.6 Å². The van der Waals surface area contributed by atoms with Crippen LogP contribution in [0.15, 0.2) is 0 Å². The van der Waals surface area contributed by atoms with Crippen LogP contribution < -0.4 is 0 Å². The second-order valence-corrected chi connectivity index (χ2v) is 13.2. The zero-order chi connectivity index (χ0) is 29.6. The molecule has 7 nitrogen and oxygen atoms in total. The van der Waals surface area contributed by atoms with Crippen LogP contribution >= 0.6 is 0 Å². The molecule has 4 aliphatic carbocycles. The number of fused-ring (bicyclic) bond motifs is 5. The Balaban J connectivity index is 1.33. The zero-order valence-electron chi connectivity index (χ0n) is 23.8. The summed E-state index contributed by atoms with van der Waals surface area (Å²) in [6, 6.07) is 0. The number of alkyl halides is 3. The van der Waals surface area contributed by atoms with Gasteiger partial charge >= 0.3 is 11.9 Å². The third kappa shape index (κ3) is 5.60. The second-order valence-electron chi connectivity index (χ2n) is 13.2. The molecule has 4 aliphatic rings. The molecule has 0 radical (unpaired) electrons. The first-order chi connectivity index (χ1) is 18.6. The van der Waals surface area contributed by atoms with Gasteiger partial charge in [-0.05, 0) is 60.7 Å². The number of carbonyl (C=O) groups excluding carboxylic acids is 5. The van der Waals surface area contributed by atoms with Crippen molar-refractivity contribution in [3.05, 3.63) is 0 Å². The van der Waals surface area contributed by atoms with Crippen molar-refractivity contribution in [2.75, 3.05) is 13.2 Å². The fourth-order valence-electron chi connectivity index (χ4n) is 8.50. The molecule has 4 fully saturated rings. The molecule has 0 saturated heterocycles. The van der Waals surface area contributed by atoms with E-state index in [9.17, 15) is 37.1 Å². The Bertz CT molecular complexity index is 1050. The predicted octanol–water partition coefficient (Wildman–Crippen LogP) is 5.07. The molecule has 0 aliphatic heterocycles. The summed E-state index contributed by atoms with van der Waals surface area (Å²) in [5, 5.41) is 0. The van der Waals surface area contributed by atoms with Crippen molar-refractivity contribution in [3.8, 4) is 0 Å². The molecule has 0 amide bonds. The molecule has 40 heavy (non-hydrogen) atoms. The molecule has 0 N–H and O–H groups in total. The number of ketones is 3. The van der Waals surface area contributed by atoms with Crippen LogP contribution in [0.1, 0.15) is 85.5 Å². The lowest BCUT2D eigenvalue weighted by molar-refractivity contribution is -0.167. The lowest BCUT2D eigenvalue weighted by Gasteiger charge is -2.58. The van der Waals surface area contributed by atoms with E-state index in [0.29, 0.717) is 39.0 Å². The molecule has 0 aromatic carbocycles. The average molecular weight is 571 g/mol. The summed E-state index contributed by atoms with van der Waals surface area (Å²) in [5.74, 6) is -5.14. The fourth-order valence-corrected chi connectivity index (χ4v) is 8.50. The van der Waals surface area contributed by atoms with Gasteiger partial charge in [0, 0.05) is 50.4 Å². The highest BCUT2D eigenvalue weighted by Crippen LogP contribution is 2.66. The van der Waals surface area contributed by atoms with Gasteiger partial charge in [0.1, 0.15) is 24.0 Å². The van der Waals surface area contributed by atoms with Crippen LogP contribution in [0.4, 0.5) is 13.2 Å². The van der Waals surface area contributed by atoms with Crippen LogP contribution in [0.3, 0.4) is 0 Å². The highest BCUT2D eigenvalue weighted by molar-refractivity contribution is 5.93. The van der Waals surface area contributed by atoms with Crippen molar-refractivity contribution >= 4 is 29.3 Å². The van der Waals surface area contributed by atoms with Crippen LogP contribution in [0, 0.1) is 46.3 Å². The third-order valence-electron chi connectivity index (χ3n) is 11.0. The highest BCUT2D eigenvalue weighted by Gasteiger charge is 2.66. The topological polar surface area (TPSA) is 104 Å². The molecule has 10 heteroatoms. The maximum Gasteiger partial charge on any atom is 0.344 e. The lowest BCUT2D eigenvalue weighted by atomic mass is 9.44. The Kier molecular flexibility index (Phi) is 8.59. The molecular weight excluding hydrogens is 529 g/mol. The number of rotatable bonds is 9. The molecule has 224 valence electrons. The average Bonchev–Trinajstić information content (AvgIpc) is 3.24. The monoisotopic (exact) mass is 570 g/mol. The maximum atomic E-state index is 13.8. The van der Waals surface area contributed by atoms with Crippen LogP contribution in [0.2, 0.25) is 0 Å². The van der Waals surface area contributed by atoms with Gasteiger partial charge in [-0.1, -0.05) is 20.8 Å². The Morgan fingerprint density at radius 2 is 1.73 bits per heavy atom. The lowest BCUT2D eigenvalue weighted by Crippen LogP contribution is -2.60. The van der Waals surface area contributed by atoms with Crippen LogP contribution in [-0.2, 0) is 33.4 Å². The molecule has 0 aromatic rings. The Morgan fingerprint density at radius 3 is 2.40 bits per heavy atom. The summed E-state index contributed by atoms with van der Waals surface area (Å²) >= 11 is 0. The highest BCUT2D eigenvalue weighted by atomic mass is 19.3. The van der Waals surface area contributed by atoms with E-state index in [0.717, 1.165) is 19.3 Å². The summed E-state index contributed by atoms with van der Waals surface area (Å²) in [6.07, 6.45) is 1.72. The number of hydrogen-bond donors (Lipinski definition) is 0. The van der Waals surface area contributed by atoms with E-state index in [1.165, 1.54) is 0 Å². The third-order valence-corrected chi connectivity index (χ3v) is 11.0. The summed E-state index contributed by atoms with van der Waals surface area (Å²) in [6.45, 7) is 4.60. The summed E-state index contributed by atoms with van der Waals surface area (Å²) in [7, 11) is 0. The van der Waals surface area contributed by atoms with Crippen LogP contribution in [0.5, 0.6) is 0 Å². The standard InChI is InChI=1S/C30H41F3O7/c1-16(5-8-25(37)40-15-26(38)39-14-23(31)30(4,32)33)19-6-7-20-27-21(13-24(36)29(19,20)3)28(2)10-9-18(34)11-17(28)12-22(27)35/h16-17,19-21,23,27H,5-15H2,1-4H3/t16-,17+,19-,20+,21+,23?,27+,28+,29-/m1/s1. The summed E-state index contributed by atoms with van der Waals surface area (Å²) in [5.41, 5.74) is -0.845. The number of halogens is 3. The molecule has 1 unspecified atom stereocenters. The van der Waals surface area contributed by atoms with Gasteiger partial charge in [0.15, 0.2) is 12.8 Å². The van der Waals surface area contributed by atoms with E-state index < -0.39 is 42.7 Å². The number of carbonyl (C=O) groups is 5. The SMILES string of the molecule is C[C@H](CCC(=O)OCC(=O)OCC(F)C(C)(F)F)[C@H]1CC[C@H]2[C@@H]3C(=O)C[C@@H]4CC(=O)CC[C@]4(C)[C@H]3CC(=O)[C@]12C. The van der Waals surface area contributed by atoms with Crippen LogP contribution in [-0.4, -0.2) is 54.6 Å². The Labute approximate surface area is 233 Å². The van der Waals surface area contributed by atoms with Crippen LogP contribution in [0.25, 0.3) is 0 Å². The van der Waals surface area contributed by atoms with Crippen molar-refractivity contribution in [1.29, 1.82) is 0 Å². The number of hydrogen-bond acceptors (Lipinski definition) is 7. The predicted molar refractivity (Wildman–Crippen MR) is 137 cm³/mol. The number of ether oxygens (including phenoxy) is 2. The zero-order valence-corrected chi connectivity index (χ0v) is 23.8. The Morgan fingerprint density at radius 1 is 1.02 bits per heavy atom. The van der Waals surface area contributed by atoms with Crippen molar-refractivity contribution in [1.82, 2.24) is 0 Å². The first kappa shape index (κ1) is 30.7. The quantitative estimate of drug-likeness (QED) is 0.357. The maximum absolute atomic E-state index is 13.8. The van der Waals surface area contributed by atoms with E-state index in [1.54, 1.807) is 0 Å². The largest absolute Gasteiger partial charge is 0.460 e. The smallest absolute Gasteiger partial charge is 0.344 e. The van der Waals surface area contributed by atoms with Crippen molar-refractivity contribution in [3.63, 3.8) is 0 Å². The van der Waals surface area contributed by atoms with Gasteiger partial charge < -0.3 is 9.47 Å². The van der Waals surface area contributed by atoms with Gasteiger partial charge in [0.25, 0.3) is 5.92 Å². The van der Waals surface area contributed by atoms with E-state index in [1.807, 2.05) is 13.8 Å². The van der Waals surface area contributed by atoms with Gasteiger partial charge in [-0.3, -0.25) is 19.2 Å². The van der Waals surface area contributed by atoms with E-state index >= 15 is 0 Å². The first-order valence-electron chi connectivity index (χ1n) is 14.5. The van der Waals surface area contributed by atoms with Gasteiger partial charge in [0.2, 0.25) is 0 Å².